The summed E-state index contributed by atoms with van der Waals surface area (Å²) in [6, 6.07) is 14.5. The van der Waals surface area contributed by atoms with Crippen LogP contribution in [-0.2, 0) is 12.8 Å². The van der Waals surface area contributed by atoms with Gasteiger partial charge >= 0.3 is 0 Å². The average molecular weight is 401 g/mol. The molecule has 1 aliphatic carbocycles. The molecule has 2 heterocycles. The number of rotatable bonds is 4. The van der Waals surface area contributed by atoms with Crippen molar-refractivity contribution in [2.24, 2.45) is 0 Å². The van der Waals surface area contributed by atoms with Gasteiger partial charge in [0.25, 0.3) is 5.91 Å². The summed E-state index contributed by atoms with van der Waals surface area (Å²) >= 11 is 0. The third-order valence-electron chi connectivity index (χ3n) is 6.33. The van der Waals surface area contributed by atoms with Crippen molar-refractivity contribution in [3.8, 4) is 5.69 Å². The lowest BCUT2D eigenvalue weighted by Crippen LogP contribution is -2.19. The molecule has 0 atom stereocenters. The van der Waals surface area contributed by atoms with Gasteiger partial charge in [-0.05, 0) is 81.8 Å². The fourth-order valence-electron chi connectivity index (χ4n) is 4.76. The lowest BCUT2D eigenvalue weighted by molar-refractivity contribution is 0.102. The lowest BCUT2D eigenvalue weighted by Gasteiger charge is -2.20. The number of amides is 1. The van der Waals surface area contributed by atoms with Gasteiger partial charge in [-0.3, -0.25) is 4.79 Å². The molecule has 1 N–H and O–H groups in total. The number of nitrogens with zero attached hydrogens (tertiary/aromatic N) is 3. The highest BCUT2D eigenvalue weighted by Crippen LogP contribution is 2.30. The molecule has 1 amide bonds. The number of aryl methyl sites for hydroxylation is 2. The summed E-state index contributed by atoms with van der Waals surface area (Å²) in [5, 5.41) is 7.81. The highest BCUT2D eigenvalue weighted by Gasteiger charge is 2.27. The van der Waals surface area contributed by atoms with Crippen LogP contribution < -0.4 is 10.2 Å². The highest BCUT2D eigenvalue weighted by atomic mass is 16.2. The van der Waals surface area contributed by atoms with E-state index in [1.165, 1.54) is 35.3 Å². The Morgan fingerprint density at radius 1 is 0.967 bits per heavy atom. The zero-order valence-electron chi connectivity index (χ0n) is 17.7. The molecule has 154 valence electrons. The SMILES string of the molecule is Cc1ccc(-n2nc(C(=O)Nc3ccc(N4CCCC4)c(C)c3)c3c2CCC3)cc1. The second-order valence-corrected chi connectivity index (χ2v) is 8.52. The molecule has 1 saturated heterocycles. The number of nitrogens with one attached hydrogen (secondary N) is 1. The van der Waals surface area contributed by atoms with Crippen LogP contribution in [0, 0.1) is 13.8 Å². The Labute approximate surface area is 177 Å². The van der Waals surface area contributed by atoms with Crippen LogP contribution >= 0.6 is 0 Å². The predicted octanol–water partition coefficient (Wildman–Crippen LogP) is 4.83. The number of benzene rings is 2. The minimum absolute atomic E-state index is 0.118. The molecule has 3 aromatic rings. The zero-order chi connectivity index (χ0) is 20.7. The summed E-state index contributed by atoms with van der Waals surface area (Å²) in [6.45, 7) is 6.44. The van der Waals surface area contributed by atoms with Gasteiger partial charge in [0.2, 0.25) is 0 Å². The van der Waals surface area contributed by atoms with Crippen molar-refractivity contribution in [1.29, 1.82) is 0 Å². The molecule has 5 rings (SSSR count). The number of fused-ring (bicyclic) bond motifs is 1. The van der Waals surface area contributed by atoms with Gasteiger partial charge < -0.3 is 10.2 Å². The van der Waals surface area contributed by atoms with Gasteiger partial charge in [-0.25, -0.2) is 4.68 Å². The fourth-order valence-corrected chi connectivity index (χ4v) is 4.76. The average Bonchev–Trinajstić information content (AvgIpc) is 3.47. The molecule has 1 aliphatic heterocycles. The molecule has 0 bridgehead atoms. The number of carbonyl (C=O) groups excluding carboxylic acids is 1. The van der Waals surface area contributed by atoms with E-state index in [-0.39, 0.29) is 5.91 Å². The molecule has 2 aliphatic rings. The van der Waals surface area contributed by atoms with E-state index < -0.39 is 0 Å². The van der Waals surface area contributed by atoms with E-state index in [0.717, 1.165) is 49.3 Å². The molecule has 1 fully saturated rings. The minimum Gasteiger partial charge on any atom is -0.371 e. The maximum absolute atomic E-state index is 13.1. The third kappa shape index (κ3) is 3.38. The van der Waals surface area contributed by atoms with Crippen molar-refractivity contribution in [3.05, 3.63) is 70.5 Å². The Morgan fingerprint density at radius 3 is 2.47 bits per heavy atom. The minimum atomic E-state index is -0.118. The summed E-state index contributed by atoms with van der Waals surface area (Å²) in [5.41, 5.74) is 8.36. The number of carbonyl (C=O) groups is 1. The van der Waals surface area contributed by atoms with Crippen LogP contribution in [0.5, 0.6) is 0 Å². The number of anilines is 2. The first-order valence-electron chi connectivity index (χ1n) is 10.9. The van der Waals surface area contributed by atoms with Gasteiger partial charge in [0, 0.05) is 35.7 Å². The van der Waals surface area contributed by atoms with Gasteiger partial charge in [-0.15, -0.1) is 0 Å². The second-order valence-electron chi connectivity index (χ2n) is 8.52. The molecular formula is C25H28N4O. The Balaban J connectivity index is 1.41. The number of hydrogen-bond acceptors (Lipinski definition) is 3. The van der Waals surface area contributed by atoms with Gasteiger partial charge in [-0.1, -0.05) is 17.7 Å². The number of hydrogen-bond donors (Lipinski definition) is 1. The van der Waals surface area contributed by atoms with E-state index >= 15 is 0 Å². The van der Waals surface area contributed by atoms with Gasteiger partial charge in [0.15, 0.2) is 5.69 Å². The maximum atomic E-state index is 13.1. The molecule has 0 spiro atoms. The molecule has 5 heteroatoms. The van der Waals surface area contributed by atoms with Crippen molar-refractivity contribution in [2.75, 3.05) is 23.3 Å². The Kier molecular flexibility index (Phi) is 4.81. The van der Waals surface area contributed by atoms with Crippen LogP contribution in [0.4, 0.5) is 11.4 Å². The quantitative estimate of drug-likeness (QED) is 0.682. The predicted molar refractivity (Wildman–Crippen MR) is 121 cm³/mol. The van der Waals surface area contributed by atoms with Crippen molar-refractivity contribution in [3.63, 3.8) is 0 Å². The Morgan fingerprint density at radius 2 is 1.73 bits per heavy atom. The van der Waals surface area contributed by atoms with Crippen molar-refractivity contribution in [2.45, 2.75) is 46.0 Å². The summed E-state index contributed by atoms with van der Waals surface area (Å²) in [6.07, 6.45) is 5.46. The molecule has 0 unspecified atom stereocenters. The lowest BCUT2D eigenvalue weighted by atomic mass is 10.1. The normalized spacial score (nSPS) is 15.5. The first-order valence-corrected chi connectivity index (χ1v) is 10.9. The van der Waals surface area contributed by atoms with E-state index in [0.29, 0.717) is 5.69 Å². The van der Waals surface area contributed by atoms with Gasteiger partial charge in [0.1, 0.15) is 0 Å². The molecular weight excluding hydrogens is 372 g/mol. The van der Waals surface area contributed by atoms with Crippen LogP contribution in [0.2, 0.25) is 0 Å². The Bertz CT molecular complexity index is 1090. The van der Waals surface area contributed by atoms with Crippen LogP contribution in [0.1, 0.15) is 52.1 Å². The zero-order valence-corrected chi connectivity index (χ0v) is 17.7. The van der Waals surface area contributed by atoms with E-state index in [9.17, 15) is 4.79 Å². The second kappa shape index (κ2) is 7.63. The van der Waals surface area contributed by atoms with Gasteiger partial charge in [-0.2, -0.15) is 5.10 Å². The largest absolute Gasteiger partial charge is 0.371 e. The van der Waals surface area contributed by atoms with Crippen molar-refractivity contribution >= 4 is 17.3 Å². The fraction of sp³-hybridized carbons (Fsp3) is 0.360. The molecule has 0 radical (unpaired) electrons. The van der Waals surface area contributed by atoms with Crippen molar-refractivity contribution < 1.29 is 4.79 Å². The number of aromatic nitrogens is 2. The van der Waals surface area contributed by atoms with E-state index in [1.54, 1.807) is 0 Å². The molecule has 5 nitrogen and oxygen atoms in total. The van der Waals surface area contributed by atoms with Crippen LogP contribution in [0.25, 0.3) is 5.69 Å². The monoisotopic (exact) mass is 400 g/mol. The summed E-state index contributed by atoms with van der Waals surface area (Å²) in [5.74, 6) is -0.118. The van der Waals surface area contributed by atoms with E-state index in [4.69, 9.17) is 5.10 Å². The highest BCUT2D eigenvalue weighted by molar-refractivity contribution is 6.04. The van der Waals surface area contributed by atoms with E-state index in [2.05, 4.69) is 60.5 Å². The van der Waals surface area contributed by atoms with Crippen LogP contribution in [0.15, 0.2) is 42.5 Å². The molecule has 1 aromatic heterocycles. The van der Waals surface area contributed by atoms with Crippen LogP contribution in [0.3, 0.4) is 0 Å². The van der Waals surface area contributed by atoms with Gasteiger partial charge in [0.05, 0.1) is 5.69 Å². The first kappa shape index (κ1) is 18.9. The summed E-state index contributed by atoms with van der Waals surface area (Å²) < 4.78 is 1.96. The topological polar surface area (TPSA) is 50.2 Å². The first-order chi connectivity index (χ1) is 14.6. The smallest absolute Gasteiger partial charge is 0.276 e. The molecule has 2 aromatic carbocycles. The third-order valence-corrected chi connectivity index (χ3v) is 6.33. The summed E-state index contributed by atoms with van der Waals surface area (Å²) in [4.78, 5) is 15.6. The summed E-state index contributed by atoms with van der Waals surface area (Å²) in [7, 11) is 0. The molecule has 0 saturated carbocycles. The standard InChI is InChI=1S/C25H28N4O/c1-17-8-11-20(12-9-17)29-23-7-5-6-21(23)24(27-29)25(30)26-19-10-13-22(18(2)16-19)28-14-3-4-15-28/h8-13,16H,3-7,14-15H2,1-2H3,(H,26,30). The van der Waals surface area contributed by atoms with E-state index in [1.807, 2.05) is 10.7 Å². The maximum Gasteiger partial charge on any atom is 0.276 e. The van der Waals surface area contributed by atoms with Crippen LogP contribution in [-0.4, -0.2) is 28.8 Å². The van der Waals surface area contributed by atoms with Crippen molar-refractivity contribution in [1.82, 2.24) is 9.78 Å². The molecule has 30 heavy (non-hydrogen) atoms. The Hall–Kier alpha value is -3.08.